The second-order valence-corrected chi connectivity index (χ2v) is 6.98. The average Bonchev–Trinajstić information content (AvgIpc) is 3.01. The van der Waals surface area contributed by atoms with Crippen molar-refractivity contribution in [1.82, 2.24) is 4.98 Å². The van der Waals surface area contributed by atoms with Gasteiger partial charge in [0.05, 0.1) is 17.8 Å². The standard InChI is InChI=1S/C22H22N2O5/c1-4-26-19-12-11-14-7-5-8-15(20(14)24-19)23-18(25)13-27-16-9-6-10-17-21(16)29-22(2,3)28-17/h5-12H,4,13H2,1-3H3,(H,23,25). The van der Waals surface area contributed by atoms with E-state index in [1.54, 1.807) is 30.3 Å². The highest BCUT2D eigenvalue weighted by molar-refractivity contribution is 6.00. The molecule has 0 fully saturated rings. The van der Waals surface area contributed by atoms with Crippen LogP contribution in [0.1, 0.15) is 20.8 Å². The monoisotopic (exact) mass is 394 g/mol. The summed E-state index contributed by atoms with van der Waals surface area (Å²) in [4.78, 5) is 17.0. The normalized spacial score (nSPS) is 13.9. The van der Waals surface area contributed by atoms with Crippen LogP contribution in [0.3, 0.4) is 0 Å². The molecule has 0 unspecified atom stereocenters. The molecular formula is C22H22N2O5. The predicted octanol–water partition coefficient (Wildman–Crippen LogP) is 4.16. The van der Waals surface area contributed by atoms with Crippen LogP contribution >= 0.6 is 0 Å². The maximum absolute atomic E-state index is 12.5. The van der Waals surface area contributed by atoms with Gasteiger partial charge >= 0.3 is 0 Å². The zero-order valence-electron chi connectivity index (χ0n) is 16.5. The number of carbonyl (C=O) groups excluding carboxylic acids is 1. The number of ether oxygens (including phenoxy) is 4. The van der Waals surface area contributed by atoms with E-state index in [1.165, 1.54) is 0 Å². The third kappa shape index (κ3) is 4.03. The Morgan fingerprint density at radius 1 is 1.07 bits per heavy atom. The van der Waals surface area contributed by atoms with Crippen LogP contribution in [-0.2, 0) is 4.79 Å². The first-order valence-corrected chi connectivity index (χ1v) is 9.41. The molecule has 29 heavy (non-hydrogen) atoms. The summed E-state index contributed by atoms with van der Waals surface area (Å²) in [6.45, 7) is 5.86. The van der Waals surface area contributed by atoms with E-state index in [0.717, 1.165) is 5.39 Å². The summed E-state index contributed by atoms with van der Waals surface area (Å²) >= 11 is 0. The number of nitrogens with zero attached hydrogens (tertiary/aromatic N) is 1. The molecule has 0 spiro atoms. The van der Waals surface area contributed by atoms with Gasteiger partial charge in [-0.1, -0.05) is 18.2 Å². The van der Waals surface area contributed by atoms with Crippen molar-refractivity contribution < 1.29 is 23.7 Å². The second kappa shape index (κ2) is 7.50. The lowest BCUT2D eigenvalue weighted by atomic mass is 10.2. The molecule has 1 aliphatic heterocycles. The van der Waals surface area contributed by atoms with Gasteiger partial charge in [0, 0.05) is 25.3 Å². The minimum absolute atomic E-state index is 0.179. The van der Waals surface area contributed by atoms with Crippen molar-refractivity contribution in [3.8, 4) is 23.1 Å². The number of rotatable bonds is 6. The van der Waals surface area contributed by atoms with Crippen molar-refractivity contribution in [3.05, 3.63) is 48.5 Å². The topological polar surface area (TPSA) is 78.9 Å². The van der Waals surface area contributed by atoms with E-state index in [4.69, 9.17) is 18.9 Å². The number of carbonyl (C=O) groups is 1. The quantitative estimate of drug-likeness (QED) is 0.676. The van der Waals surface area contributed by atoms with E-state index in [2.05, 4.69) is 10.3 Å². The zero-order valence-corrected chi connectivity index (χ0v) is 16.5. The van der Waals surface area contributed by atoms with Crippen molar-refractivity contribution in [2.45, 2.75) is 26.6 Å². The molecule has 0 saturated carbocycles. The molecule has 4 rings (SSSR count). The largest absolute Gasteiger partial charge is 0.480 e. The Kier molecular flexibility index (Phi) is 4.88. The molecule has 2 aromatic carbocycles. The maximum Gasteiger partial charge on any atom is 0.262 e. The van der Waals surface area contributed by atoms with Crippen molar-refractivity contribution in [1.29, 1.82) is 0 Å². The van der Waals surface area contributed by atoms with Crippen molar-refractivity contribution in [3.63, 3.8) is 0 Å². The predicted molar refractivity (Wildman–Crippen MR) is 109 cm³/mol. The molecule has 7 heteroatoms. The van der Waals surface area contributed by atoms with Crippen LogP contribution in [0.2, 0.25) is 0 Å². The molecule has 150 valence electrons. The summed E-state index contributed by atoms with van der Waals surface area (Å²) in [6, 6.07) is 14.6. The molecule has 3 aromatic rings. The van der Waals surface area contributed by atoms with E-state index in [-0.39, 0.29) is 12.5 Å². The molecule has 2 heterocycles. The first-order chi connectivity index (χ1) is 13.9. The lowest BCUT2D eigenvalue weighted by Crippen LogP contribution is -2.29. The summed E-state index contributed by atoms with van der Waals surface area (Å²) in [6.07, 6.45) is 0. The Labute approximate surface area is 168 Å². The molecule has 0 aliphatic carbocycles. The van der Waals surface area contributed by atoms with Crippen LogP contribution in [0.4, 0.5) is 5.69 Å². The fraction of sp³-hybridized carbons (Fsp3) is 0.273. The highest BCUT2D eigenvalue weighted by Gasteiger charge is 2.34. The first-order valence-electron chi connectivity index (χ1n) is 9.41. The number of benzene rings is 2. The number of hydrogen-bond donors (Lipinski definition) is 1. The molecule has 1 aromatic heterocycles. The number of aromatic nitrogens is 1. The summed E-state index contributed by atoms with van der Waals surface area (Å²) in [7, 11) is 0. The van der Waals surface area contributed by atoms with Crippen LogP contribution < -0.4 is 24.3 Å². The number of para-hydroxylation sites is 2. The number of pyridine rings is 1. The lowest BCUT2D eigenvalue weighted by molar-refractivity contribution is -0.118. The van der Waals surface area contributed by atoms with Gasteiger partial charge < -0.3 is 24.3 Å². The van der Waals surface area contributed by atoms with E-state index >= 15 is 0 Å². The Morgan fingerprint density at radius 2 is 1.90 bits per heavy atom. The minimum atomic E-state index is -0.767. The molecule has 0 bridgehead atoms. The Bertz CT molecular complexity index is 1060. The van der Waals surface area contributed by atoms with Gasteiger partial charge in [0.1, 0.15) is 0 Å². The third-order valence-electron chi connectivity index (χ3n) is 4.27. The van der Waals surface area contributed by atoms with E-state index in [1.807, 2.05) is 39.0 Å². The van der Waals surface area contributed by atoms with Gasteiger partial charge in [-0.25, -0.2) is 4.98 Å². The number of anilines is 1. The van der Waals surface area contributed by atoms with Crippen LogP contribution in [-0.4, -0.2) is 29.9 Å². The molecule has 0 atom stereocenters. The highest BCUT2D eigenvalue weighted by Crippen LogP contribution is 2.45. The van der Waals surface area contributed by atoms with Crippen LogP contribution in [0.25, 0.3) is 10.9 Å². The highest BCUT2D eigenvalue weighted by atomic mass is 16.7. The van der Waals surface area contributed by atoms with Crippen LogP contribution in [0.15, 0.2) is 48.5 Å². The summed E-state index contributed by atoms with van der Waals surface area (Å²) in [5.41, 5.74) is 1.25. The smallest absolute Gasteiger partial charge is 0.262 e. The Morgan fingerprint density at radius 3 is 2.72 bits per heavy atom. The second-order valence-electron chi connectivity index (χ2n) is 6.98. The number of nitrogens with one attached hydrogen (secondary N) is 1. The molecule has 1 N–H and O–H groups in total. The van der Waals surface area contributed by atoms with Gasteiger partial charge in [0.15, 0.2) is 18.1 Å². The summed E-state index contributed by atoms with van der Waals surface area (Å²) < 4.78 is 22.6. The van der Waals surface area contributed by atoms with E-state index < -0.39 is 5.79 Å². The van der Waals surface area contributed by atoms with Crippen LogP contribution in [0.5, 0.6) is 23.1 Å². The molecule has 1 aliphatic rings. The van der Waals surface area contributed by atoms with Crippen molar-refractivity contribution >= 4 is 22.5 Å². The zero-order chi connectivity index (χ0) is 20.4. The molecule has 0 saturated heterocycles. The van der Waals surface area contributed by atoms with Gasteiger partial charge in [-0.15, -0.1) is 0 Å². The fourth-order valence-corrected chi connectivity index (χ4v) is 3.11. The number of fused-ring (bicyclic) bond motifs is 2. The van der Waals surface area contributed by atoms with Gasteiger partial charge in [-0.2, -0.15) is 0 Å². The minimum Gasteiger partial charge on any atom is -0.480 e. The summed E-state index contributed by atoms with van der Waals surface area (Å²) in [5, 5.41) is 3.76. The third-order valence-corrected chi connectivity index (χ3v) is 4.27. The average molecular weight is 394 g/mol. The Hall–Kier alpha value is -3.48. The van der Waals surface area contributed by atoms with Crippen molar-refractivity contribution in [2.24, 2.45) is 0 Å². The fourth-order valence-electron chi connectivity index (χ4n) is 3.11. The van der Waals surface area contributed by atoms with Gasteiger partial charge in [-0.3, -0.25) is 4.79 Å². The Balaban J connectivity index is 1.48. The first kappa shape index (κ1) is 18.9. The SMILES string of the molecule is CCOc1ccc2cccc(NC(=O)COc3cccc4c3OC(C)(C)O4)c2n1. The number of hydrogen-bond acceptors (Lipinski definition) is 6. The number of amides is 1. The van der Waals surface area contributed by atoms with Crippen LogP contribution in [0, 0.1) is 0 Å². The van der Waals surface area contributed by atoms with Crippen molar-refractivity contribution in [2.75, 3.05) is 18.5 Å². The maximum atomic E-state index is 12.5. The van der Waals surface area contributed by atoms with Gasteiger partial charge in [-0.05, 0) is 31.2 Å². The molecule has 0 radical (unpaired) electrons. The molecular weight excluding hydrogens is 372 g/mol. The van der Waals surface area contributed by atoms with E-state index in [9.17, 15) is 4.79 Å². The summed E-state index contributed by atoms with van der Waals surface area (Å²) in [5.74, 6) is 0.984. The van der Waals surface area contributed by atoms with Gasteiger partial charge in [0.25, 0.3) is 5.91 Å². The van der Waals surface area contributed by atoms with Gasteiger partial charge in [0.2, 0.25) is 17.4 Å². The van der Waals surface area contributed by atoms with E-state index in [0.29, 0.717) is 40.9 Å². The lowest BCUT2D eigenvalue weighted by Gasteiger charge is -2.16. The molecule has 1 amide bonds. The molecule has 7 nitrogen and oxygen atoms in total.